The number of thioether (sulfide) groups is 1. The molecule has 0 radical (unpaired) electrons. The van der Waals surface area contributed by atoms with Crippen molar-refractivity contribution in [2.45, 2.75) is 30.0 Å². The summed E-state index contributed by atoms with van der Waals surface area (Å²) in [6, 6.07) is 26.8. The molecule has 0 spiro atoms. The average molecular weight is 646 g/mol. The number of esters is 1. The van der Waals surface area contributed by atoms with Crippen LogP contribution in [0.4, 0.5) is 0 Å². The summed E-state index contributed by atoms with van der Waals surface area (Å²) in [4.78, 5) is 33.5. The monoisotopic (exact) mass is 644 g/mol. The molecule has 4 aromatic carbocycles. The van der Waals surface area contributed by atoms with Crippen molar-refractivity contribution in [3.8, 4) is 0 Å². The van der Waals surface area contributed by atoms with Gasteiger partial charge in [0.25, 0.3) is 5.56 Å². The Morgan fingerprint density at radius 2 is 1.77 bits per heavy atom. The number of benzene rings is 4. The molecule has 0 saturated heterocycles. The van der Waals surface area contributed by atoms with Gasteiger partial charge in [0, 0.05) is 20.7 Å². The van der Waals surface area contributed by atoms with Gasteiger partial charge in [0.15, 0.2) is 4.80 Å². The highest BCUT2D eigenvalue weighted by Gasteiger charge is 2.33. The molecule has 43 heavy (non-hydrogen) atoms. The molecule has 216 valence electrons. The number of fused-ring (bicyclic) bond motifs is 2. The van der Waals surface area contributed by atoms with Gasteiger partial charge in [-0.3, -0.25) is 9.36 Å². The molecule has 0 unspecified atom stereocenters. The van der Waals surface area contributed by atoms with Crippen molar-refractivity contribution in [2.24, 2.45) is 4.99 Å². The highest BCUT2D eigenvalue weighted by molar-refractivity contribution is 7.98. The van der Waals surface area contributed by atoms with Crippen molar-refractivity contribution in [1.82, 2.24) is 4.57 Å². The Balaban J connectivity index is 1.46. The van der Waals surface area contributed by atoms with Gasteiger partial charge in [0.05, 0.1) is 29.0 Å². The maximum atomic E-state index is 14.1. The molecule has 0 saturated carbocycles. The highest BCUT2D eigenvalue weighted by Crippen LogP contribution is 2.35. The van der Waals surface area contributed by atoms with Crippen LogP contribution in [-0.2, 0) is 15.3 Å². The first-order chi connectivity index (χ1) is 20.9. The van der Waals surface area contributed by atoms with E-state index in [0.29, 0.717) is 42.8 Å². The number of carbonyl (C=O) groups is 1. The van der Waals surface area contributed by atoms with Gasteiger partial charge in [0.1, 0.15) is 0 Å². The standard InChI is InChI=1S/C34H26Cl2N2O3S2/c1-3-27-30(33(40)41-2)31(20-9-5-4-6-10-20)38-32(39)29(43-34(38)37-27)17-21-14-16-28(25-12-8-7-11-24(21)25)42-19-22-13-15-23(35)18-26(22)36/h4-18,31H,3,19H2,1-2H3/b29-17-/t31-/m0/s1. The maximum absolute atomic E-state index is 14.1. The first-order valence-corrected chi connectivity index (χ1v) is 16.2. The molecular weight excluding hydrogens is 619 g/mol. The van der Waals surface area contributed by atoms with Gasteiger partial charge in [-0.25, -0.2) is 9.79 Å². The van der Waals surface area contributed by atoms with Crippen LogP contribution in [0, 0.1) is 0 Å². The number of nitrogens with zero attached hydrogens (tertiary/aromatic N) is 2. The molecule has 1 atom stereocenters. The molecule has 0 fully saturated rings. The van der Waals surface area contributed by atoms with Crippen LogP contribution in [-0.4, -0.2) is 17.6 Å². The predicted octanol–water partition coefficient (Wildman–Crippen LogP) is 7.55. The fourth-order valence-electron chi connectivity index (χ4n) is 5.30. The molecule has 0 amide bonds. The zero-order valence-electron chi connectivity index (χ0n) is 23.3. The van der Waals surface area contributed by atoms with E-state index in [0.717, 1.165) is 32.4 Å². The zero-order chi connectivity index (χ0) is 30.1. The Hall–Kier alpha value is -3.62. The molecule has 9 heteroatoms. The Labute approximate surface area is 266 Å². The van der Waals surface area contributed by atoms with E-state index in [2.05, 4.69) is 18.2 Å². The molecular formula is C34H26Cl2N2O3S2. The number of hydrogen-bond donors (Lipinski definition) is 0. The van der Waals surface area contributed by atoms with Crippen LogP contribution in [0.2, 0.25) is 10.0 Å². The number of allylic oxidation sites excluding steroid dienone is 1. The summed E-state index contributed by atoms with van der Waals surface area (Å²) in [7, 11) is 1.35. The molecule has 2 heterocycles. The van der Waals surface area contributed by atoms with E-state index in [-0.39, 0.29) is 5.56 Å². The number of hydrogen-bond acceptors (Lipinski definition) is 6. The summed E-state index contributed by atoms with van der Waals surface area (Å²) >= 11 is 15.5. The lowest BCUT2D eigenvalue weighted by Crippen LogP contribution is -2.40. The first kappa shape index (κ1) is 29.5. The van der Waals surface area contributed by atoms with E-state index in [1.807, 2.05) is 73.7 Å². The first-order valence-electron chi connectivity index (χ1n) is 13.7. The van der Waals surface area contributed by atoms with Crippen molar-refractivity contribution in [3.63, 3.8) is 0 Å². The number of carbonyl (C=O) groups excluding carboxylic acids is 1. The molecule has 0 bridgehead atoms. The second kappa shape index (κ2) is 12.5. The molecule has 5 aromatic rings. The van der Waals surface area contributed by atoms with E-state index in [1.165, 1.54) is 18.4 Å². The van der Waals surface area contributed by atoms with E-state index >= 15 is 0 Å². The minimum Gasteiger partial charge on any atom is -0.466 e. The van der Waals surface area contributed by atoms with Gasteiger partial charge in [-0.1, -0.05) is 108 Å². The van der Waals surface area contributed by atoms with Crippen molar-refractivity contribution in [2.75, 3.05) is 7.11 Å². The topological polar surface area (TPSA) is 60.7 Å². The lowest BCUT2D eigenvalue weighted by atomic mass is 9.95. The third-order valence-corrected chi connectivity index (χ3v) is 10.1. The third kappa shape index (κ3) is 5.70. The number of ether oxygens (including phenoxy) is 1. The van der Waals surface area contributed by atoms with Crippen molar-refractivity contribution < 1.29 is 9.53 Å². The van der Waals surface area contributed by atoms with E-state index in [1.54, 1.807) is 22.4 Å². The van der Waals surface area contributed by atoms with Crippen LogP contribution in [0.15, 0.2) is 111 Å². The van der Waals surface area contributed by atoms with E-state index in [4.69, 9.17) is 32.9 Å². The van der Waals surface area contributed by atoms with Crippen LogP contribution < -0.4 is 14.9 Å². The van der Waals surface area contributed by atoms with Gasteiger partial charge in [-0.15, -0.1) is 11.8 Å². The summed E-state index contributed by atoms with van der Waals surface area (Å²) < 4.78 is 7.32. The van der Waals surface area contributed by atoms with Gasteiger partial charge >= 0.3 is 5.97 Å². The van der Waals surface area contributed by atoms with Gasteiger partial charge < -0.3 is 4.74 Å². The fraction of sp³-hybridized carbons (Fsp3) is 0.147. The van der Waals surface area contributed by atoms with Crippen molar-refractivity contribution in [1.29, 1.82) is 0 Å². The summed E-state index contributed by atoms with van der Waals surface area (Å²) in [6.07, 6.45) is 2.45. The minimum atomic E-state index is -0.628. The second-order valence-corrected chi connectivity index (χ2v) is 12.8. The molecule has 6 rings (SSSR count). The molecule has 5 nitrogen and oxygen atoms in total. The smallest absolute Gasteiger partial charge is 0.338 e. The fourth-order valence-corrected chi connectivity index (χ4v) is 7.92. The Morgan fingerprint density at radius 1 is 1.02 bits per heavy atom. The van der Waals surface area contributed by atoms with E-state index in [9.17, 15) is 9.59 Å². The molecule has 0 N–H and O–H groups in total. The average Bonchev–Trinajstić information content (AvgIpc) is 3.34. The van der Waals surface area contributed by atoms with Crippen LogP contribution in [0.1, 0.15) is 36.1 Å². The number of methoxy groups -OCH3 is 1. The number of halogens is 2. The quantitative estimate of drug-likeness (QED) is 0.136. The maximum Gasteiger partial charge on any atom is 0.338 e. The molecule has 1 aliphatic rings. The van der Waals surface area contributed by atoms with Crippen LogP contribution in [0.5, 0.6) is 0 Å². The van der Waals surface area contributed by atoms with Crippen molar-refractivity contribution in [3.05, 3.63) is 143 Å². The van der Waals surface area contributed by atoms with E-state index < -0.39 is 12.0 Å². The third-order valence-electron chi connectivity index (χ3n) is 7.37. The normalized spacial score (nSPS) is 15.0. The Kier molecular flexibility index (Phi) is 8.59. The lowest BCUT2D eigenvalue weighted by molar-refractivity contribution is -0.136. The Morgan fingerprint density at radius 3 is 2.49 bits per heavy atom. The predicted molar refractivity (Wildman–Crippen MR) is 177 cm³/mol. The largest absolute Gasteiger partial charge is 0.466 e. The SMILES string of the molecule is CCC1=C(C(=O)OC)[C@H](c2ccccc2)n2c(s/c(=C\c3ccc(SCc4ccc(Cl)cc4Cl)c4ccccc34)c2=O)=N1. The number of rotatable bonds is 7. The number of thiazole rings is 1. The number of aromatic nitrogens is 1. The lowest BCUT2D eigenvalue weighted by Gasteiger charge is -2.25. The second-order valence-electron chi connectivity index (χ2n) is 9.92. The van der Waals surface area contributed by atoms with Gasteiger partial charge in [-0.2, -0.15) is 0 Å². The van der Waals surface area contributed by atoms with Crippen LogP contribution in [0.25, 0.3) is 16.8 Å². The van der Waals surface area contributed by atoms with Crippen LogP contribution in [0.3, 0.4) is 0 Å². The van der Waals surface area contributed by atoms with Crippen LogP contribution >= 0.6 is 46.3 Å². The Bertz CT molecular complexity index is 2080. The van der Waals surface area contributed by atoms with Crippen molar-refractivity contribution >= 4 is 69.1 Å². The molecule has 0 aliphatic carbocycles. The minimum absolute atomic E-state index is 0.200. The van der Waals surface area contributed by atoms with Gasteiger partial charge in [-0.05, 0) is 58.2 Å². The molecule has 1 aromatic heterocycles. The summed E-state index contributed by atoms with van der Waals surface area (Å²) in [6.45, 7) is 1.95. The summed E-state index contributed by atoms with van der Waals surface area (Å²) in [5.41, 5.74) is 3.58. The summed E-state index contributed by atoms with van der Waals surface area (Å²) in [5.74, 6) is 0.211. The highest BCUT2D eigenvalue weighted by atomic mass is 35.5. The summed E-state index contributed by atoms with van der Waals surface area (Å²) in [5, 5.41) is 3.38. The van der Waals surface area contributed by atoms with Gasteiger partial charge in [0.2, 0.25) is 0 Å². The molecule has 1 aliphatic heterocycles. The zero-order valence-corrected chi connectivity index (χ0v) is 26.5.